The molecule has 1 aliphatic heterocycles. The number of likely N-dealkylation sites (tertiary alicyclic amines) is 1. The van der Waals surface area contributed by atoms with Gasteiger partial charge in [-0.15, -0.1) is 0 Å². The van der Waals surface area contributed by atoms with Crippen LogP contribution in [0.4, 0.5) is 4.79 Å². The number of carbonyl (C=O) groups is 1. The summed E-state index contributed by atoms with van der Waals surface area (Å²) in [5.74, 6) is 0. The summed E-state index contributed by atoms with van der Waals surface area (Å²) >= 11 is -0.989. The van der Waals surface area contributed by atoms with E-state index in [4.69, 9.17) is 5.11 Å². The molecule has 1 amide bonds. The zero-order chi connectivity index (χ0) is 19.4. The van der Waals surface area contributed by atoms with Crippen molar-refractivity contribution in [2.75, 3.05) is 26.4 Å². The summed E-state index contributed by atoms with van der Waals surface area (Å²) in [6, 6.07) is 7.85. The van der Waals surface area contributed by atoms with Crippen molar-refractivity contribution < 1.29 is 14.5 Å². The maximum absolute atomic E-state index is 11.5. The lowest BCUT2D eigenvalue weighted by Gasteiger charge is -2.35. The molecule has 1 aromatic carbocycles. The lowest BCUT2D eigenvalue weighted by atomic mass is 10.0. The molecule has 1 unspecified atom stereocenters. The van der Waals surface area contributed by atoms with Crippen molar-refractivity contribution in [3.8, 4) is 11.3 Å². The third-order valence-electron chi connectivity index (χ3n) is 4.96. The number of benzene rings is 1. The van der Waals surface area contributed by atoms with Crippen LogP contribution in [0.1, 0.15) is 18.5 Å². The first-order valence-corrected chi connectivity index (χ1v) is 10.4. The van der Waals surface area contributed by atoms with Gasteiger partial charge in [-0.2, -0.15) is 0 Å². The van der Waals surface area contributed by atoms with E-state index in [2.05, 4.69) is 14.9 Å². The Morgan fingerprint density at radius 3 is 2.44 bits per heavy atom. The summed E-state index contributed by atoms with van der Waals surface area (Å²) in [4.78, 5) is 24.5. The summed E-state index contributed by atoms with van der Waals surface area (Å²) in [5.41, 5.74) is 2.61. The van der Waals surface area contributed by atoms with Crippen molar-refractivity contribution in [2.45, 2.75) is 30.3 Å². The van der Waals surface area contributed by atoms with E-state index >= 15 is 0 Å². The average molecular weight is 388 g/mol. The first kappa shape index (κ1) is 19.6. The van der Waals surface area contributed by atoms with Gasteiger partial charge in [-0.25, -0.2) is 4.79 Å². The minimum absolute atomic E-state index is 0.351. The van der Waals surface area contributed by atoms with Crippen LogP contribution in [0.3, 0.4) is 0 Å². The molecule has 1 saturated heterocycles. The second kappa shape index (κ2) is 8.69. The van der Waals surface area contributed by atoms with Gasteiger partial charge >= 0.3 is 6.09 Å². The van der Waals surface area contributed by atoms with Gasteiger partial charge in [-0.05, 0) is 55.3 Å². The van der Waals surface area contributed by atoms with Crippen LogP contribution in [0, 0.1) is 0 Å². The van der Waals surface area contributed by atoms with Crippen LogP contribution in [-0.2, 0) is 17.7 Å². The van der Waals surface area contributed by atoms with E-state index in [-0.39, 0.29) is 0 Å². The fourth-order valence-corrected chi connectivity index (χ4v) is 3.80. The third-order valence-corrected chi connectivity index (χ3v) is 5.89. The Morgan fingerprint density at radius 2 is 1.93 bits per heavy atom. The van der Waals surface area contributed by atoms with E-state index in [9.17, 15) is 9.35 Å². The van der Waals surface area contributed by atoms with E-state index in [0.29, 0.717) is 25.7 Å². The van der Waals surface area contributed by atoms with Crippen LogP contribution in [-0.4, -0.2) is 68.0 Å². The summed E-state index contributed by atoms with van der Waals surface area (Å²) in [6.07, 6.45) is 6.03. The topological polar surface area (TPSA) is 92.6 Å². The number of aromatic nitrogens is 2. The van der Waals surface area contributed by atoms with Crippen molar-refractivity contribution in [3.05, 3.63) is 42.4 Å². The minimum Gasteiger partial charge on any atom is -0.612 e. The number of hydrogen-bond donors (Lipinski definition) is 1. The number of rotatable bonds is 5. The third kappa shape index (κ3) is 4.97. The number of hydrogen-bond acceptors (Lipinski definition) is 5. The first-order chi connectivity index (χ1) is 12.9. The van der Waals surface area contributed by atoms with Gasteiger partial charge in [0.2, 0.25) is 0 Å². The van der Waals surface area contributed by atoms with E-state index in [1.807, 2.05) is 31.3 Å². The highest BCUT2D eigenvalue weighted by atomic mass is 32.2. The molecule has 2 aromatic rings. The maximum atomic E-state index is 11.5. The SMILES string of the molecule is CN(Cc1cnc(-c2ccc([S+](C)[O-])cc2)cn1)C1CCN(C(=O)O)CC1. The van der Waals surface area contributed by atoms with Crippen molar-refractivity contribution in [2.24, 2.45) is 0 Å². The molecule has 1 aliphatic rings. The summed E-state index contributed by atoms with van der Waals surface area (Å²) in [7, 11) is 2.04. The number of piperidine rings is 1. The van der Waals surface area contributed by atoms with Crippen LogP contribution in [0.25, 0.3) is 11.3 Å². The Hall–Kier alpha value is -2.16. The first-order valence-electron chi connectivity index (χ1n) is 8.87. The van der Waals surface area contributed by atoms with Gasteiger partial charge in [-0.3, -0.25) is 14.9 Å². The summed E-state index contributed by atoms with van der Waals surface area (Å²) in [6.45, 7) is 1.83. The maximum Gasteiger partial charge on any atom is 0.407 e. The molecule has 2 heterocycles. The lowest BCUT2D eigenvalue weighted by Crippen LogP contribution is -2.44. The Morgan fingerprint density at radius 1 is 1.26 bits per heavy atom. The highest BCUT2D eigenvalue weighted by Crippen LogP contribution is 2.20. The lowest BCUT2D eigenvalue weighted by molar-refractivity contribution is 0.102. The molecular weight excluding hydrogens is 364 g/mol. The largest absolute Gasteiger partial charge is 0.612 e. The van der Waals surface area contributed by atoms with Gasteiger partial charge in [0.25, 0.3) is 0 Å². The van der Waals surface area contributed by atoms with Gasteiger partial charge < -0.3 is 14.6 Å². The molecular formula is C19H24N4O3S. The molecule has 0 spiro atoms. The quantitative estimate of drug-likeness (QED) is 0.791. The Labute approximate surface area is 162 Å². The van der Waals surface area contributed by atoms with Crippen molar-refractivity contribution in [1.82, 2.24) is 19.8 Å². The van der Waals surface area contributed by atoms with Gasteiger partial charge in [0.05, 0.1) is 23.8 Å². The number of carboxylic acid groups (broad SMARTS) is 1. The van der Waals surface area contributed by atoms with Crippen LogP contribution >= 0.6 is 0 Å². The van der Waals surface area contributed by atoms with Crippen molar-refractivity contribution in [1.29, 1.82) is 0 Å². The highest BCUT2D eigenvalue weighted by molar-refractivity contribution is 7.90. The second-order valence-electron chi connectivity index (χ2n) is 6.79. The molecule has 27 heavy (non-hydrogen) atoms. The predicted molar refractivity (Wildman–Crippen MR) is 104 cm³/mol. The van der Waals surface area contributed by atoms with E-state index < -0.39 is 17.3 Å². The summed E-state index contributed by atoms with van der Waals surface area (Å²) < 4.78 is 11.5. The van der Waals surface area contributed by atoms with Crippen molar-refractivity contribution in [3.63, 3.8) is 0 Å². The van der Waals surface area contributed by atoms with Gasteiger partial charge in [0.1, 0.15) is 6.26 Å². The van der Waals surface area contributed by atoms with Crippen LogP contribution in [0.5, 0.6) is 0 Å². The smallest absolute Gasteiger partial charge is 0.407 e. The molecule has 1 atom stereocenters. The Bertz CT molecular complexity index is 760. The van der Waals surface area contributed by atoms with Crippen LogP contribution in [0.2, 0.25) is 0 Å². The predicted octanol–water partition coefficient (Wildman–Crippen LogP) is 2.46. The van der Waals surface area contributed by atoms with E-state index in [1.54, 1.807) is 18.6 Å². The van der Waals surface area contributed by atoms with E-state index in [0.717, 1.165) is 34.7 Å². The summed E-state index contributed by atoms with van der Waals surface area (Å²) in [5, 5.41) is 9.04. The van der Waals surface area contributed by atoms with Crippen molar-refractivity contribution >= 4 is 17.3 Å². The fourth-order valence-electron chi connectivity index (χ4n) is 3.29. The molecule has 1 aromatic heterocycles. The second-order valence-corrected chi connectivity index (χ2v) is 8.17. The van der Waals surface area contributed by atoms with Gasteiger partial charge in [0.15, 0.2) is 4.90 Å². The van der Waals surface area contributed by atoms with E-state index in [1.165, 1.54) is 4.90 Å². The number of nitrogens with zero attached hydrogens (tertiary/aromatic N) is 4. The standard InChI is InChI=1S/C19H24N4O3S/c1-22(16-7-9-23(10-8-16)19(24)25)13-15-11-21-18(12-20-15)14-3-5-17(6-4-14)27(2)26/h3-6,11-12,16H,7-10,13H2,1-2H3,(H,24,25). The average Bonchev–Trinajstić information content (AvgIpc) is 2.68. The normalized spacial score (nSPS) is 16.5. The zero-order valence-corrected chi connectivity index (χ0v) is 16.4. The van der Waals surface area contributed by atoms with Crippen LogP contribution in [0.15, 0.2) is 41.6 Å². The zero-order valence-electron chi connectivity index (χ0n) is 15.5. The monoisotopic (exact) mass is 388 g/mol. The molecule has 0 saturated carbocycles. The molecule has 1 N–H and O–H groups in total. The molecule has 3 rings (SSSR count). The van der Waals surface area contributed by atoms with Gasteiger partial charge in [-0.1, -0.05) is 0 Å². The molecule has 0 aliphatic carbocycles. The molecule has 0 bridgehead atoms. The fraction of sp³-hybridized carbons (Fsp3) is 0.421. The molecule has 1 fully saturated rings. The molecule has 8 heteroatoms. The minimum atomic E-state index is -0.989. The van der Waals surface area contributed by atoms with Crippen LogP contribution < -0.4 is 0 Å². The van der Waals surface area contributed by atoms with Gasteiger partial charge in [0, 0.05) is 31.2 Å². The molecule has 144 valence electrons. The Kier molecular flexibility index (Phi) is 6.30. The molecule has 0 radical (unpaired) electrons. The molecule has 7 nitrogen and oxygen atoms in total. The highest BCUT2D eigenvalue weighted by Gasteiger charge is 2.25. The Balaban J connectivity index is 1.58. The number of amides is 1.